The molecule has 0 spiro atoms. The molecule has 0 aliphatic heterocycles. The van der Waals surface area contributed by atoms with E-state index in [2.05, 4.69) is 46.9 Å². The zero-order valence-corrected chi connectivity index (χ0v) is 11.3. The summed E-state index contributed by atoms with van der Waals surface area (Å²) in [5.41, 5.74) is 0. The van der Waals surface area contributed by atoms with Crippen LogP contribution in [0.25, 0.3) is 0 Å². The van der Waals surface area contributed by atoms with E-state index in [4.69, 9.17) is 4.74 Å². The second kappa shape index (κ2) is 8.12. The van der Waals surface area contributed by atoms with E-state index < -0.39 is 0 Å². The van der Waals surface area contributed by atoms with Crippen molar-refractivity contribution in [2.75, 3.05) is 13.2 Å². The van der Waals surface area contributed by atoms with Gasteiger partial charge in [-0.15, -0.1) is 0 Å². The predicted molar refractivity (Wildman–Crippen MR) is 67.2 cm³/mol. The Morgan fingerprint density at radius 2 is 1.67 bits per heavy atom. The van der Waals surface area contributed by atoms with Crippen molar-refractivity contribution in [1.29, 1.82) is 0 Å². The Hall–Kier alpha value is -0.0800. The highest BCUT2D eigenvalue weighted by molar-refractivity contribution is 4.83. The molecule has 0 fully saturated rings. The van der Waals surface area contributed by atoms with Crippen LogP contribution in [0.2, 0.25) is 0 Å². The molecule has 0 bridgehead atoms. The summed E-state index contributed by atoms with van der Waals surface area (Å²) in [6.07, 6.45) is 1.54. The van der Waals surface area contributed by atoms with Gasteiger partial charge in [0.25, 0.3) is 0 Å². The smallest absolute Gasteiger partial charge is 0.0753 e. The minimum Gasteiger partial charge on any atom is -0.377 e. The molecule has 0 saturated heterocycles. The van der Waals surface area contributed by atoms with Gasteiger partial charge in [-0.1, -0.05) is 41.0 Å². The van der Waals surface area contributed by atoms with Crippen molar-refractivity contribution < 1.29 is 4.74 Å². The molecule has 0 radical (unpaired) electrons. The molecule has 2 nitrogen and oxygen atoms in total. The van der Waals surface area contributed by atoms with Gasteiger partial charge < -0.3 is 10.1 Å². The van der Waals surface area contributed by atoms with Gasteiger partial charge in [-0.25, -0.2) is 0 Å². The Morgan fingerprint density at radius 1 is 1.07 bits per heavy atom. The standard InChI is InChI=1S/C13H29NO/c1-7-11(6)12(14-8-2)13(10(4)5)15-9-3/h10-14H,7-9H2,1-6H3. The second-order valence-electron chi connectivity index (χ2n) is 4.63. The van der Waals surface area contributed by atoms with E-state index in [1.165, 1.54) is 6.42 Å². The van der Waals surface area contributed by atoms with E-state index in [9.17, 15) is 0 Å². The van der Waals surface area contributed by atoms with Crippen LogP contribution in [0.5, 0.6) is 0 Å². The first-order valence-electron chi connectivity index (χ1n) is 6.43. The van der Waals surface area contributed by atoms with E-state index in [1.807, 2.05) is 0 Å². The van der Waals surface area contributed by atoms with Crippen molar-refractivity contribution >= 4 is 0 Å². The molecule has 1 N–H and O–H groups in total. The van der Waals surface area contributed by atoms with Crippen molar-refractivity contribution in [3.63, 3.8) is 0 Å². The van der Waals surface area contributed by atoms with Crippen molar-refractivity contribution in [3.05, 3.63) is 0 Å². The number of hydrogen-bond acceptors (Lipinski definition) is 2. The van der Waals surface area contributed by atoms with E-state index in [1.54, 1.807) is 0 Å². The lowest BCUT2D eigenvalue weighted by Gasteiger charge is -2.34. The van der Waals surface area contributed by atoms with Crippen LogP contribution in [0.3, 0.4) is 0 Å². The fraction of sp³-hybridized carbons (Fsp3) is 1.00. The highest BCUT2D eigenvalue weighted by Crippen LogP contribution is 2.19. The molecule has 0 aromatic carbocycles. The molecule has 15 heavy (non-hydrogen) atoms. The molecular formula is C13H29NO. The first-order valence-corrected chi connectivity index (χ1v) is 6.43. The fourth-order valence-corrected chi connectivity index (χ4v) is 2.03. The summed E-state index contributed by atoms with van der Waals surface area (Å²) in [6.45, 7) is 15.1. The van der Waals surface area contributed by atoms with Crippen LogP contribution in [0.1, 0.15) is 48.0 Å². The summed E-state index contributed by atoms with van der Waals surface area (Å²) in [5, 5.41) is 3.57. The topological polar surface area (TPSA) is 21.3 Å². The van der Waals surface area contributed by atoms with Gasteiger partial charge in [-0.3, -0.25) is 0 Å². The van der Waals surface area contributed by atoms with Crippen LogP contribution in [-0.4, -0.2) is 25.3 Å². The Morgan fingerprint density at radius 3 is 2.00 bits per heavy atom. The third kappa shape index (κ3) is 4.98. The van der Waals surface area contributed by atoms with Crippen LogP contribution in [0.4, 0.5) is 0 Å². The molecule has 0 amide bonds. The SMILES string of the molecule is CCNC(C(C)CC)C(OCC)C(C)C. The van der Waals surface area contributed by atoms with Gasteiger partial charge in [0.15, 0.2) is 0 Å². The van der Waals surface area contributed by atoms with Gasteiger partial charge in [-0.2, -0.15) is 0 Å². The molecule has 0 aliphatic carbocycles. The average molecular weight is 215 g/mol. The lowest BCUT2D eigenvalue weighted by molar-refractivity contribution is -0.00990. The normalized spacial score (nSPS) is 17.8. The molecule has 0 aromatic rings. The summed E-state index contributed by atoms with van der Waals surface area (Å²) in [5.74, 6) is 1.24. The van der Waals surface area contributed by atoms with Crippen LogP contribution in [-0.2, 0) is 4.74 Å². The lowest BCUT2D eigenvalue weighted by Crippen LogP contribution is -2.48. The van der Waals surface area contributed by atoms with E-state index in [0.29, 0.717) is 24.0 Å². The largest absolute Gasteiger partial charge is 0.377 e. The van der Waals surface area contributed by atoms with Gasteiger partial charge in [0.2, 0.25) is 0 Å². The van der Waals surface area contributed by atoms with E-state index >= 15 is 0 Å². The van der Waals surface area contributed by atoms with Crippen LogP contribution >= 0.6 is 0 Å². The van der Waals surface area contributed by atoms with E-state index in [0.717, 1.165) is 13.2 Å². The number of likely N-dealkylation sites (N-methyl/N-ethyl adjacent to an activating group) is 1. The van der Waals surface area contributed by atoms with Crippen molar-refractivity contribution in [2.24, 2.45) is 11.8 Å². The Labute approximate surface area is 95.8 Å². The van der Waals surface area contributed by atoms with Gasteiger partial charge in [0.05, 0.1) is 6.10 Å². The Bertz CT molecular complexity index is 147. The van der Waals surface area contributed by atoms with Crippen LogP contribution in [0.15, 0.2) is 0 Å². The summed E-state index contributed by atoms with van der Waals surface area (Å²) in [4.78, 5) is 0. The van der Waals surface area contributed by atoms with Gasteiger partial charge in [-0.05, 0) is 25.3 Å². The maximum atomic E-state index is 5.88. The van der Waals surface area contributed by atoms with Gasteiger partial charge in [0, 0.05) is 12.6 Å². The van der Waals surface area contributed by atoms with Gasteiger partial charge in [0.1, 0.15) is 0 Å². The number of nitrogens with one attached hydrogen (secondary N) is 1. The average Bonchev–Trinajstić information content (AvgIpc) is 2.21. The van der Waals surface area contributed by atoms with Crippen molar-refractivity contribution in [1.82, 2.24) is 5.32 Å². The fourth-order valence-electron chi connectivity index (χ4n) is 2.03. The van der Waals surface area contributed by atoms with Crippen LogP contribution < -0.4 is 5.32 Å². The molecule has 0 saturated carbocycles. The highest BCUT2D eigenvalue weighted by Gasteiger charge is 2.27. The third-order valence-corrected chi connectivity index (χ3v) is 3.07. The summed E-state index contributed by atoms with van der Waals surface area (Å²) < 4.78 is 5.88. The highest BCUT2D eigenvalue weighted by atomic mass is 16.5. The summed E-state index contributed by atoms with van der Waals surface area (Å²) >= 11 is 0. The third-order valence-electron chi connectivity index (χ3n) is 3.07. The zero-order chi connectivity index (χ0) is 11.8. The molecule has 0 aliphatic rings. The quantitative estimate of drug-likeness (QED) is 0.672. The minimum absolute atomic E-state index is 0.338. The molecule has 0 aromatic heterocycles. The monoisotopic (exact) mass is 215 g/mol. The Kier molecular flexibility index (Phi) is 8.07. The van der Waals surface area contributed by atoms with Crippen molar-refractivity contribution in [2.45, 2.75) is 60.1 Å². The van der Waals surface area contributed by atoms with Crippen LogP contribution in [0, 0.1) is 11.8 Å². The van der Waals surface area contributed by atoms with Crippen molar-refractivity contribution in [3.8, 4) is 0 Å². The number of rotatable bonds is 8. The molecule has 3 atom stereocenters. The molecular weight excluding hydrogens is 186 g/mol. The predicted octanol–water partition coefficient (Wildman–Crippen LogP) is 3.07. The lowest BCUT2D eigenvalue weighted by atomic mass is 9.88. The molecule has 0 rings (SSSR count). The molecule has 2 heteroatoms. The number of ether oxygens (including phenoxy) is 1. The maximum absolute atomic E-state index is 5.88. The first kappa shape index (κ1) is 14.9. The van der Waals surface area contributed by atoms with Gasteiger partial charge >= 0.3 is 0 Å². The number of hydrogen-bond donors (Lipinski definition) is 1. The zero-order valence-electron chi connectivity index (χ0n) is 11.3. The maximum Gasteiger partial charge on any atom is 0.0753 e. The summed E-state index contributed by atoms with van der Waals surface area (Å²) in [7, 11) is 0. The first-order chi connectivity index (χ1) is 7.08. The Balaban J connectivity index is 4.50. The second-order valence-corrected chi connectivity index (χ2v) is 4.63. The molecule has 0 heterocycles. The summed E-state index contributed by atoms with van der Waals surface area (Å²) in [6, 6.07) is 0.486. The molecule has 92 valence electrons. The minimum atomic E-state index is 0.338. The molecule has 3 unspecified atom stereocenters. The van der Waals surface area contributed by atoms with E-state index in [-0.39, 0.29) is 0 Å².